The monoisotopic (exact) mass is 317 g/mol. The fourth-order valence-electron chi connectivity index (χ4n) is 3.60. The molecule has 0 bridgehead atoms. The maximum Gasteiger partial charge on any atom is 0.306 e. The van der Waals surface area contributed by atoms with Gasteiger partial charge in [-0.15, -0.1) is 0 Å². The molecule has 0 spiro atoms. The summed E-state index contributed by atoms with van der Waals surface area (Å²) in [5, 5.41) is 0. The van der Waals surface area contributed by atoms with Crippen molar-refractivity contribution in [1.82, 2.24) is 4.90 Å². The second kappa shape index (κ2) is 7.48. The molecule has 23 heavy (non-hydrogen) atoms. The third-order valence-corrected chi connectivity index (χ3v) is 5.39. The van der Waals surface area contributed by atoms with E-state index in [0.29, 0.717) is 18.4 Å². The maximum atomic E-state index is 12.1. The van der Waals surface area contributed by atoms with Crippen LogP contribution in [-0.2, 0) is 22.4 Å². The molecule has 1 heterocycles. The van der Waals surface area contributed by atoms with E-state index in [9.17, 15) is 4.79 Å². The van der Waals surface area contributed by atoms with Gasteiger partial charge in [0.1, 0.15) is 5.60 Å². The SMILES string of the molecule is CCC(=O)O[C@]1(Cc2ccc(CC)cc2)C[C@@H](C)N(C)C[C@H]1C. The van der Waals surface area contributed by atoms with E-state index < -0.39 is 0 Å². The number of likely N-dealkylation sites (tertiary alicyclic amines) is 1. The normalized spacial score (nSPS) is 28.6. The predicted octanol–water partition coefficient (Wildman–Crippen LogP) is 3.84. The number of hydrogen-bond acceptors (Lipinski definition) is 3. The third kappa shape index (κ3) is 4.14. The summed E-state index contributed by atoms with van der Waals surface area (Å²) in [5.74, 6) is 0.240. The van der Waals surface area contributed by atoms with E-state index in [-0.39, 0.29) is 11.6 Å². The molecule has 1 fully saturated rings. The van der Waals surface area contributed by atoms with Gasteiger partial charge in [0.2, 0.25) is 0 Å². The van der Waals surface area contributed by atoms with Crippen LogP contribution < -0.4 is 0 Å². The fourth-order valence-corrected chi connectivity index (χ4v) is 3.60. The van der Waals surface area contributed by atoms with Crippen molar-refractivity contribution in [2.24, 2.45) is 5.92 Å². The van der Waals surface area contributed by atoms with Crippen molar-refractivity contribution in [3.05, 3.63) is 35.4 Å². The highest BCUT2D eigenvalue weighted by Gasteiger charge is 2.45. The molecule has 3 heteroatoms. The summed E-state index contributed by atoms with van der Waals surface area (Å²) >= 11 is 0. The van der Waals surface area contributed by atoms with Crippen LogP contribution in [0.3, 0.4) is 0 Å². The number of carbonyl (C=O) groups excluding carboxylic acids is 1. The lowest BCUT2D eigenvalue weighted by molar-refractivity contribution is -0.174. The Morgan fingerprint density at radius 1 is 1.22 bits per heavy atom. The number of benzene rings is 1. The van der Waals surface area contributed by atoms with Crippen LogP contribution in [0.25, 0.3) is 0 Å². The van der Waals surface area contributed by atoms with Crippen molar-refractivity contribution in [2.75, 3.05) is 13.6 Å². The van der Waals surface area contributed by atoms with Crippen LogP contribution in [0.5, 0.6) is 0 Å². The molecule has 2 rings (SSSR count). The van der Waals surface area contributed by atoms with E-state index in [1.807, 2.05) is 6.92 Å². The van der Waals surface area contributed by atoms with E-state index in [1.54, 1.807) is 0 Å². The molecule has 128 valence electrons. The number of nitrogens with zero attached hydrogens (tertiary/aromatic N) is 1. The molecule has 1 aliphatic heterocycles. The Balaban J connectivity index is 2.27. The van der Waals surface area contributed by atoms with Crippen molar-refractivity contribution >= 4 is 5.97 Å². The van der Waals surface area contributed by atoms with Crippen LogP contribution in [0.4, 0.5) is 0 Å². The second-order valence-corrected chi connectivity index (χ2v) is 7.13. The van der Waals surface area contributed by atoms with Crippen molar-refractivity contribution in [3.8, 4) is 0 Å². The topological polar surface area (TPSA) is 29.5 Å². The summed E-state index contributed by atoms with van der Waals surface area (Å²) in [5.41, 5.74) is 2.22. The molecule has 1 aliphatic rings. The van der Waals surface area contributed by atoms with Gasteiger partial charge in [-0.2, -0.15) is 0 Å². The number of hydrogen-bond donors (Lipinski definition) is 0. The van der Waals surface area contributed by atoms with Crippen molar-refractivity contribution in [3.63, 3.8) is 0 Å². The van der Waals surface area contributed by atoms with Crippen LogP contribution in [0.2, 0.25) is 0 Å². The van der Waals surface area contributed by atoms with E-state index in [2.05, 4.69) is 57.0 Å². The third-order valence-electron chi connectivity index (χ3n) is 5.39. The molecule has 0 amide bonds. The zero-order valence-electron chi connectivity index (χ0n) is 15.3. The van der Waals surface area contributed by atoms with Gasteiger partial charge in [0.25, 0.3) is 0 Å². The number of piperidine rings is 1. The molecule has 0 radical (unpaired) electrons. The lowest BCUT2D eigenvalue weighted by Gasteiger charge is -2.48. The summed E-state index contributed by atoms with van der Waals surface area (Å²) in [7, 11) is 2.16. The quantitative estimate of drug-likeness (QED) is 0.773. The van der Waals surface area contributed by atoms with Gasteiger partial charge < -0.3 is 9.64 Å². The largest absolute Gasteiger partial charge is 0.458 e. The fraction of sp³-hybridized carbons (Fsp3) is 0.650. The Morgan fingerprint density at radius 2 is 1.83 bits per heavy atom. The maximum absolute atomic E-state index is 12.1. The Morgan fingerprint density at radius 3 is 2.39 bits per heavy atom. The van der Waals surface area contributed by atoms with E-state index >= 15 is 0 Å². The summed E-state index contributed by atoms with van der Waals surface area (Å²) in [6.07, 6.45) is 3.19. The standard InChI is InChI=1S/C20H31NO2/c1-6-17-8-10-18(11-9-17)13-20(23-19(22)7-2)12-16(4)21(5)14-15(20)3/h8-11,15-16H,6-7,12-14H2,1-5H3/t15-,16-,20+/m1/s1. The first kappa shape index (κ1) is 18.0. The van der Waals surface area contributed by atoms with Gasteiger partial charge in [0, 0.05) is 37.8 Å². The molecule has 0 aliphatic carbocycles. The molecule has 0 aromatic heterocycles. The highest BCUT2D eigenvalue weighted by atomic mass is 16.6. The second-order valence-electron chi connectivity index (χ2n) is 7.13. The lowest BCUT2D eigenvalue weighted by Crippen LogP contribution is -2.56. The smallest absolute Gasteiger partial charge is 0.306 e. The summed E-state index contributed by atoms with van der Waals surface area (Å²) in [6.45, 7) is 9.44. The molecule has 0 unspecified atom stereocenters. The van der Waals surface area contributed by atoms with Gasteiger partial charge in [0.05, 0.1) is 0 Å². The van der Waals surface area contributed by atoms with Crippen molar-refractivity contribution in [1.29, 1.82) is 0 Å². The minimum absolute atomic E-state index is 0.0845. The molecule has 1 aromatic rings. The minimum atomic E-state index is -0.382. The van der Waals surface area contributed by atoms with Crippen molar-refractivity contribution < 1.29 is 9.53 Å². The highest BCUT2D eigenvalue weighted by Crippen LogP contribution is 2.37. The average Bonchev–Trinajstić information content (AvgIpc) is 2.53. The predicted molar refractivity (Wildman–Crippen MR) is 94.5 cm³/mol. The lowest BCUT2D eigenvalue weighted by atomic mass is 9.75. The highest BCUT2D eigenvalue weighted by molar-refractivity contribution is 5.69. The molecule has 3 nitrogen and oxygen atoms in total. The van der Waals surface area contributed by atoms with Gasteiger partial charge in [-0.3, -0.25) is 4.79 Å². The summed E-state index contributed by atoms with van der Waals surface area (Å²) in [6, 6.07) is 9.18. The number of esters is 1. The Labute approximate surface area is 141 Å². The number of rotatable bonds is 5. The first-order valence-electron chi connectivity index (χ1n) is 8.90. The van der Waals surface area contributed by atoms with Gasteiger partial charge in [-0.05, 0) is 31.5 Å². The van der Waals surface area contributed by atoms with Gasteiger partial charge in [0.15, 0.2) is 0 Å². The van der Waals surface area contributed by atoms with E-state index in [0.717, 1.165) is 25.8 Å². The average molecular weight is 317 g/mol. The Kier molecular flexibility index (Phi) is 5.85. The van der Waals surface area contributed by atoms with Crippen LogP contribution in [0.1, 0.15) is 51.7 Å². The molecule has 3 atom stereocenters. The zero-order chi connectivity index (χ0) is 17.0. The zero-order valence-corrected chi connectivity index (χ0v) is 15.3. The van der Waals surface area contributed by atoms with Crippen LogP contribution >= 0.6 is 0 Å². The molecule has 0 N–H and O–H groups in total. The summed E-state index contributed by atoms with van der Waals surface area (Å²) in [4.78, 5) is 14.4. The number of carbonyl (C=O) groups is 1. The molecular formula is C20H31NO2. The van der Waals surface area contributed by atoms with E-state index in [1.165, 1.54) is 11.1 Å². The number of ether oxygens (including phenoxy) is 1. The van der Waals surface area contributed by atoms with Crippen LogP contribution in [0.15, 0.2) is 24.3 Å². The first-order valence-corrected chi connectivity index (χ1v) is 8.90. The molecule has 1 aromatic carbocycles. The van der Waals surface area contributed by atoms with Crippen LogP contribution in [0, 0.1) is 5.92 Å². The number of aryl methyl sites for hydroxylation is 1. The van der Waals surface area contributed by atoms with Gasteiger partial charge >= 0.3 is 5.97 Å². The molecular weight excluding hydrogens is 286 g/mol. The van der Waals surface area contributed by atoms with Crippen molar-refractivity contribution in [2.45, 2.75) is 65.0 Å². The Bertz CT molecular complexity index is 525. The first-order chi connectivity index (χ1) is 10.9. The van der Waals surface area contributed by atoms with Gasteiger partial charge in [-0.25, -0.2) is 0 Å². The van der Waals surface area contributed by atoms with Gasteiger partial charge in [-0.1, -0.05) is 45.0 Å². The Hall–Kier alpha value is -1.35. The van der Waals surface area contributed by atoms with E-state index in [4.69, 9.17) is 4.74 Å². The molecule has 0 saturated carbocycles. The summed E-state index contributed by atoms with van der Waals surface area (Å²) < 4.78 is 6.05. The minimum Gasteiger partial charge on any atom is -0.458 e. The van der Waals surface area contributed by atoms with Crippen LogP contribution in [-0.4, -0.2) is 36.1 Å². The molecule has 1 saturated heterocycles.